The third kappa shape index (κ3) is 14.5. The quantitative estimate of drug-likeness (QED) is 0.0905. The van der Waals surface area contributed by atoms with E-state index in [2.05, 4.69) is 47.0 Å². The van der Waals surface area contributed by atoms with Crippen LogP contribution >= 0.6 is 23.4 Å². The van der Waals surface area contributed by atoms with Crippen LogP contribution in [-0.2, 0) is 30.9 Å². The van der Waals surface area contributed by atoms with Crippen LogP contribution in [0.15, 0.2) is 102 Å². The Morgan fingerprint density at radius 2 is 1.74 bits per heavy atom. The number of aromatic nitrogens is 6. The molecule has 1 fully saturated rings. The van der Waals surface area contributed by atoms with Gasteiger partial charge >= 0.3 is 35.5 Å². The Morgan fingerprint density at radius 3 is 2.25 bits per heavy atom. The normalized spacial score (nSPS) is 12.9. The number of carbonyl (C=O) groups is 3. The van der Waals surface area contributed by atoms with Gasteiger partial charge in [0.05, 0.1) is 24.4 Å². The summed E-state index contributed by atoms with van der Waals surface area (Å²) in [7, 11) is -1.89. The number of anilines is 1. The summed E-state index contributed by atoms with van der Waals surface area (Å²) >= 11 is 10.7. The number of amides is 2. The molecule has 0 aliphatic carbocycles. The number of nitrogens with two attached hydrogens (primary N) is 1. The number of benzene rings is 1. The Morgan fingerprint density at radius 1 is 1.03 bits per heavy atom. The minimum atomic E-state index is -3.95. The summed E-state index contributed by atoms with van der Waals surface area (Å²) in [6, 6.07) is 16.5. The van der Waals surface area contributed by atoms with E-state index in [-0.39, 0.29) is 70.8 Å². The van der Waals surface area contributed by atoms with Crippen LogP contribution in [0.1, 0.15) is 48.8 Å². The van der Waals surface area contributed by atoms with Gasteiger partial charge in [0.15, 0.2) is 11.6 Å². The van der Waals surface area contributed by atoms with Crippen molar-refractivity contribution in [3.8, 4) is 22.5 Å². The Hall–Kier alpha value is -5.12. The van der Waals surface area contributed by atoms with Crippen LogP contribution in [0.25, 0.3) is 28.0 Å². The van der Waals surface area contributed by atoms with Crippen LogP contribution in [0, 0.1) is 5.82 Å². The number of rotatable bonds is 7. The maximum atomic E-state index is 13.5. The third-order valence-electron chi connectivity index (χ3n) is 8.28. The molecule has 5 aromatic heterocycles. The van der Waals surface area contributed by atoms with Crippen molar-refractivity contribution >= 4 is 68.2 Å². The number of aliphatic imine (C=N–C) groups is 1. The minimum Gasteiger partial charge on any atom is -0.857 e. The second-order valence-corrected chi connectivity index (χ2v) is 14.7. The molecule has 0 unspecified atom stereocenters. The van der Waals surface area contributed by atoms with E-state index in [0.717, 1.165) is 30.5 Å². The molecule has 61 heavy (non-hydrogen) atoms. The predicted octanol–water partition coefficient (Wildman–Crippen LogP) is 2.22. The number of ether oxygens (including phenoxy) is 1. The average molecular weight is 906 g/mol. The molecule has 1 aromatic carbocycles. The number of esters is 1. The molecule has 316 valence electrons. The summed E-state index contributed by atoms with van der Waals surface area (Å²) < 4.78 is 43.7. The van der Waals surface area contributed by atoms with Gasteiger partial charge in [0.2, 0.25) is 21.8 Å². The fourth-order valence-electron chi connectivity index (χ4n) is 5.35. The van der Waals surface area contributed by atoms with Crippen LogP contribution in [0.4, 0.5) is 10.2 Å². The summed E-state index contributed by atoms with van der Waals surface area (Å²) in [5, 5.41) is 21.7. The van der Waals surface area contributed by atoms with Crippen molar-refractivity contribution < 1.29 is 66.6 Å². The zero-order chi connectivity index (χ0) is 43.8. The molecule has 2 aliphatic rings. The van der Waals surface area contributed by atoms with Gasteiger partial charge in [-0.25, -0.2) is 32.2 Å². The predicted molar refractivity (Wildman–Crippen MR) is 222 cm³/mol. The van der Waals surface area contributed by atoms with Crippen molar-refractivity contribution in [1.82, 2.24) is 34.0 Å². The number of hydrogen-bond donors (Lipinski definition) is 3. The minimum absolute atomic E-state index is 0. The van der Waals surface area contributed by atoms with E-state index < -0.39 is 16.0 Å². The molecule has 0 bridgehead atoms. The van der Waals surface area contributed by atoms with E-state index in [1.807, 2.05) is 24.3 Å². The Balaban J connectivity index is 0.000000296. The van der Waals surface area contributed by atoms with E-state index in [4.69, 9.17) is 33.6 Å². The molecule has 8 rings (SSSR count). The van der Waals surface area contributed by atoms with Gasteiger partial charge in [-0.15, -0.1) is 5.10 Å². The molecule has 6 aromatic rings. The molecular weight excluding hydrogens is 865 g/mol. The van der Waals surface area contributed by atoms with Crippen LogP contribution in [0.5, 0.6) is 0 Å². The van der Waals surface area contributed by atoms with Gasteiger partial charge in [0, 0.05) is 79.0 Å². The number of methoxy groups -OCH3 is 1. The summed E-state index contributed by atoms with van der Waals surface area (Å²) in [5.41, 5.74) is 5.06. The van der Waals surface area contributed by atoms with Crippen molar-refractivity contribution in [2.75, 3.05) is 26.1 Å². The van der Waals surface area contributed by atoms with Gasteiger partial charge in [-0.3, -0.25) is 24.5 Å². The molecular formula is C39H40Cl2FN10NaO7S. The number of fused-ring (bicyclic) bond motifs is 1. The number of nitrogens with one attached hydrogen (secondary N) is 2. The SMILES string of the molecule is CC1=NCCC1.COC(=O)c1[nH]ccc1Cl.C[O-].NS(=O)(=O)c1cncc(-c2nc(NCc3ccccn3)c3c(-c4ccc(F)cc4)ccn3n2)c1.O=C1CCC(=O)N1Cl.[Na+]. The van der Waals surface area contributed by atoms with E-state index in [0.29, 0.717) is 38.6 Å². The second-order valence-electron chi connectivity index (χ2n) is 12.4. The molecule has 0 spiro atoms. The fourth-order valence-corrected chi connectivity index (χ4v) is 6.21. The smallest absolute Gasteiger partial charge is 0.857 e. The zero-order valence-corrected chi connectivity index (χ0v) is 37.8. The van der Waals surface area contributed by atoms with Crippen molar-refractivity contribution in [2.24, 2.45) is 10.1 Å². The number of sulfonamides is 1. The topological polar surface area (TPSA) is 243 Å². The maximum absolute atomic E-state index is 13.5. The first kappa shape index (κ1) is 50.2. The van der Waals surface area contributed by atoms with Crippen LogP contribution in [0.3, 0.4) is 0 Å². The molecule has 2 aliphatic heterocycles. The van der Waals surface area contributed by atoms with E-state index in [9.17, 15) is 27.2 Å². The largest absolute Gasteiger partial charge is 1.00 e. The van der Waals surface area contributed by atoms with Gasteiger partial charge in [-0.1, -0.05) is 29.8 Å². The Kier molecular flexibility index (Phi) is 20.1. The van der Waals surface area contributed by atoms with Crippen LogP contribution < -0.4 is 45.1 Å². The summed E-state index contributed by atoms with van der Waals surface area (Å²) in [6.07, 6.45) is 10.7. The van der Waals surface area contributed by atoms with Crippen LogP contribution in [-0.4, -0.2) is 86.6 Å². The van der Waals surface area contributed by atoms with E-state index >= 15 is 0 Å². The second kappa shape index (κ2) is 24.4. The number of nitrogens with zero attached hydrogens (tertiary/aromatic N) is 7. The van der Waals surface area contributed by atoms with Gasteiger partial charge in [-0.05, 0) is 67.8 Å². The molecule has 2 amide bonds. The van der Waals surface area contributed by atoms with E-state index in [1.165, 1.54) is 56.3 Å². The van der Waals surface area contributed by atoms with Crippen molar-refractivity contribution in [2.45, 2.75) is 44.0 Å². The first-order chi connectivity index (χ1) is 28.7. The van der Waals surface area contributed by atoms with Crippen LogP contribution in [0.2, 0.25) is 5.02 Å². The maximum Gasteiger partial charge on any atom is 1.00 e. The molecule has 1 saturated heterocycles. The number of pyridine rings is 2. The van der Waals surface area contributed by atoms with Gasteiger partial charge in [0.25, 0.3) is 0 Å². The van der Waals surface area contributed by atoms with Crippen molar-refractivity contribution in [1.29, 1.82) is 0 Å². The van der Waals surface area contributed by atoms with Crippen molar-refractivity contribution in [3.05, 3.63) is 114 Å². The molecule has 0 atom stereocenters. The average Bonchev–Trinajstić information content (AvgIpc) is 4.08. The molecule has 17 nitrogen and oxygen atoms in total. The standard InChI is InChI=1S/C23H18FN7O2S.C6H6ClNO2.C5H9N.C4H4ClNO2.CH3O.Na/c24-17-6-4-15(5-7-17)20-8-10-31-21(20)23(28-13-18-3-1-2-9-27-18)29-22(30-31)16-11-19(14-26-12-16)34(25,32)33;1-10-6(9)5-4(7)2-3-8-5;1-5-3-2-4-6-5;5-6-3(7)1-2-4(6)8;1-2;/h1-12,14H,13H2,(H2,25,32,33)(H,28,29,30);2-3,8H,1H3;2-4H2,1H3;1-2H2;1H3;/q;;;;-1;+1. The molecule has 7 heterocycles. The molecule has 22 heteroatoms. The van der Waals surface area contributed by atoms with Gasteiger partial charge < -0.3 is 20.1 Å². The van der Waals surface area contributed by atoms with Crippen molar-refractivity contribution in [3.63, 3.8) is 0 Å². The Bertz CT molecular complexity index is 2530. The number of halogens is 3. The summed E-state index contributed by atoms with van der Waals surface area (Å²) in [4.78, 5) is 51.1. The third-order valence-corrected chi connectivity index (χ3v) is 9.86. The first-order valence-corrected chi connectivity index (χ1v) is 20.1. The van der Waals surface area contributed by atoms with E-state index in [1.54, 1.807) is 41.3 Å². The van der Waals surface area contributed by atoms with Gasteiger partial charge in [-0.2, -0.15) is 11.5 Å². The number of carbonyl (C=O) groups excluding carboxylic acids is 3. The molecule has 4 N–H and O–H groups in total. The molecule has 0 saturated carbocycles. The summed E-state index contributed by atoms with van der Waals surface area (Å²) in [6.45, 7) is 3.55. The zero-order valence-electron chi connectivity index (χ0n) is 33.5. The number of imide groups is 1. The monoisotopic (exact) mass is 904 g/mol. The summed E-state index contributed by atoms with van der Waals surface area (Å²) in [5.74, 6) is -0.638. The fraction of sp³-hybridized carbons (Fsp3) is 0.231. The Labute approximate surface area is 383 Å². The van der Waals surface area contributed by atoms with Gasteiger partial charge in [0.1, 0.15) is 21.9 Å². The number of primary sulfonamides is 1. The molecule has 0 radical (unpaired) electrons. The first-order valence-electron chi connectivity index (χ1n) is 17.9. The number of hydrogen-bond acceptors (Lipinski definition) is 13. The number of aromatic amines is 1. The number of H-pyrrole nitrogens is 1.